The van der Waals surface area contributed by atoms with Crippen LogP contribution >= 0.6 is 11.3 Å². The summed E-state index contributed by atoms with van der Waals surface area (Å²) in [4.78, 5) is 4.43. The maximum absolute atomic E-state index is 5.76. The molecule has 0 aliphatic carbocycles. The van der Waals surface area contributed by atoms with Gasteiger partial charge in [0, 0.05) is 6.07 Å². The molecule has 14 heavy (non-hydrogen) atoms. The molecule has 0 bridgehead atoms. The Bertz CT molecular complexity index is 450. The van der Waals surface area contributed by atoms with Gasteiger partial charge in [0.25, 0.3) is 0 Å². The molecule has 0 radical (unpaired) electrons. The van der Waals surface area contributed by atoms with E-state index in [-0.39, 0.29) is 6.04 Å². The fourth-order valence-electron chi connectivity index (χ4n) is 1.25. The van der Waals surface area contributed by atoms with Crippen LogP contribution in [0.3, 0.4) is 0 Å². The van der Waals surface area contributed by atoms with Gasteiger partial charge in [-0.25, -0.2) is 4.98 Å². The number of hydrogen-bond acceptors (Lipinski definition) is 4. The van der Waals surface area contributed by atoms with Crippen LogP contribution < -0.4 is 10.5 Å². The number of nitrogens with zero attached hydrogens (tertiary/aromatic N) is 1. The predicted octanol–water partition coefficient (Wildman–Crippen LogP) is 2.32. The Kier molecular flexibility index (Phi) is 2.39. The van der Waals surface area contributed by atoms with E-state index in [4.69, 9.17) is 10.5 Å². The van der Waals surface area contributed by atoms with Crippen molar-refractivity contribution in [2.75, 3.05) is 7.11 Å². The molecule has 0 spiro atoms. The van der Waals surface area contributed by atoms with Crippen molar-refractivity contribution < 1.29 is 4.74 Å². The van der Waals surface area contributed by atoms with Crippen LogP contribution in [0.25, 0.3) is 10.2 Å². The molecule has 1 unspecified atom stereocenters. The van der Waals surface area contributed by atoms with Crippen molar-refractivity contribution in [3.05, 3.63) is 23.2 Å². The van der Waals surface area contributed by atoms with Gasteiger partial charge in [-0.2, -0.15) is 0 Å². The molecule has 0 fully saturated rings. The van der Waals surface area contributed by atoms with Crippen LogP contribution in [0.5, 0.6) is 5.75 Å². The maximum atomic E-state index is 5.76. The topological polar surface area (TPSA) is 48.1 Å². The van der Waals surface area contributed by atoms with Crippen LogP contribution in [-0.4, -0.2) is 12.1 Å². The van der Waals surface area contributed by atoms with Crippen molar-refractivity contribution in [1.29, 1.82) is 0 Å². The first kappa shape index (κ1) is 9.43. The van der Waals surface area contributed by atoms with Crippen molar-refractivity contribution in [2.24, 2.45) is 5.73 Å². The zero-order chi connectivity index (χ0) is 10.1. The van der Waals surface area contributed by atoms with E-state index in [1.165, 1.54) is 0 Å². The van der Waals surface area contributed by atoms with Gasteiger partial charge < -0.3 is 10.5 Å². The summed E-state index contributed by atoms with van der Waals surface area (Å²) in [5.74, 6) is 0.832. The highest BCUT2D eigenvalue weighted by Gasteiger charge is 2.07. The Morgan fingerprint density at radius 3 is 2.93 bits per heavy atom. The Labute approximate surface area is 86.5 Å². The van der Waals surface area contributed by atoms with E-state index in [2.05, 4.69) is 4.98 Å². The number of thiazole rings is 1. The first-order valence-electron chi connectivity index (χ1n) is 4.41. The van der Waals surface area contributed by atoms with Crippen LogP contribution in [0.15, 0.2) is 18.2 Å². The standard InChI is InChI=1S/C10H12N2OS/c1-6(11)10-12-8-5-7(13-2)3-4-9(8)14-10/h3-6H,11H2,1-2H3. The highest BCUT2D eigenvalue weighted by atomic mass is 32.1. The second-order valence-electron chi connectivity index (χ2n) is 3.17. The fourth-order valence-corrected chi connectivity index (χ4v) is 2.15. The van der Waals surface area contributed by atoms with Gasteiger partial charge in [-0.05, 0) is 19.1 Å². The lowest BCUT2D eigenvalue weighted by Crippen LogP contribution is -2.03. The molecule has 1 aromatic heterocycles. The zero-order valence-electron chi connectivity index (χ0n) is 8.15. The molecule has 1 atom stereocenters. The largest absolute Gasteiger partial charge is 0.497 e. The second kappa shape index (κ2) is 3.55. The molecular weight excluding hydrogens is 196 g/mol. The minimum absolute atomic E-state index is 0.00149. The number of rotatable bonds is 2. The summed E-state index contributed by atoms with van der Waals surface area (Å²) in [5, 5.41) is 0.966. The normalized spacial score (nSPS) is 13.1. The van der Waals surface area contributed by atoms with Crippen molar-refractivity contribution >= 4 is 21.6 Å². The summed E-state index contributed by atoms with van der Waals surface area (Å²) in [5.41, 5.74) is 6.72. The van der Waals surface area contributed by atoms with Crippen molar-refractivity contribution in [3.63, 3.8) is 0 Å². The number of methoxy groups -OCH3 is 1. The van der Waals surface area contributed by atoms with Crippen LogP contribution in [-0.2, 0) is 0 Å². The minimum Gasteiger partial charge on any atom is -0.497 e. The van der Waals surface area contributed by atoms with E-state index in [0.29, 0.717) is 0 Å². The van der Waals surface area contributed by atoms with E-state index in [0.717, 1.165) is 21.0 Å². The van der Waals surface area contributed by atoms with Gasteiger partial charge in [0.1, 0.15) is 10.8 Å². The third kappa shape index (κ3) is 1.58. The summed E-state index contributed by atoms with van der Waals surface area (Å²) in [6, 6.07) is 5.87. The first-order chi connectivity index (χ1) is 6.70. The van der Waals surface area contributed by atoms with Crippen molar-refractivity contribution in [1.82, 2.24) is 4.98 Å². The molecule has 74 valence electrons. The average Bonchev–Trinajstić information content (AvgIpc) is 2.59. The van der Waals surface area contributed by atoms with Crippen molar-refractivity contribution in [3.8, 4) is 5.75 Å². The van der Waals surface area contributed by atoms with Crippen LogP contribution in [0, 0.1) is 0 Å². The lowest BCUT2D eigenvalue weighted by atomic mass is 10.3. The molecular formula is C10H12N2OS. The van der Waals surface area contributed by atoms with Gasteiger partial charge in [0.2, 0.25) is 0 Å². The van der Waals surface area contributed by atoms with Gasteiger partial charge in [0.15, 0.2) is 0 Å². The van der Waals surface area contributed by atoms with Crippen molar-refractivity contribution in [2.45, 2.75) is 13.0 Å². The maximum Gasteiger partial charge on any atom is 0.121 e. The monoisotopic (exact) mass is 208 g/mol. The summed E-state index contributed by atoms with van der Waals surface area (Å²) in [6.07, 6.45) is 0. The number of fused-ring (bicyclic) bond motifs is 1. The Morgan fingerprint density at radius 1 is 1.50 bits per heavy atom. The Hall–Kier alpha value is -1.13. The van der Waals surface area contributed by atoms with E-state index in [1.807, 2.05) is 25.1 Å². The molecule has 3 nitrogen and oxygen atoms in total. The summed E-state index contributed by atoms with van der Waals surface area (Å²) in [6.45, 7) is 1.94. The van der Waals surface area contributed by atoms with Gasteiger partial charge in [0.05, 0.1) is 23.4 Å². The van der Waals surface area contributed by atoms with E-state index in [9.17, 15) is 0 Å². The fraction of sp³-hybridized carbons (Fsp3) is 0.300. The van der Waals surface area contributed by atoms with E-state index >= 15 is 0 Å². The molecule has 4 heteroatoms. The number of nitrogens with two attached hydrogens (primary N) is 1. The summed E-state index contributed by atoms with van der Waals surface area (Å²) in [7, 11) is 1.65. The zero-order valence-corrected chi connectivity index (χ0v) is 8.97. The van der Waals surface area contributed by atoms with Crippen LogP contribution in [0.1, 0.15) is 18.0 Å². The predicted molar refractivity (Wildman–Crippen MR) is 58.8 cm³/mol. The van der Waals surface area contributed by atoms with Gasteiger partial charge >= 0.3 is 0 Å². The highest BCUT2D eigenvalue weighted by molar-refractivity contribution is 7.18. The molecule has 1 aromatic carbocycles. The first-order valence-corrected chi connectivity index (χ1v) is 5.22. The van der Waals surface area contributed by atoms with Gasteiger partial charge in [-0.15, -0.1) is 11.3 Å². The Morgan fingerprint density at radius 2 is 2.29 bits per heavy atom. The lowest BCUT2D eigenvalue weighted by molar-refractivity contribution is 0.415. The number of hydrogen-bond donors (Lipinski definition) is 1. The highest BCUT2D eigenvalue weighted by Crippen LogP contribution is 2.28. The molecule has 2 rings (SSSR count). The molecule has 0 aliphatic heterocycles. The van der Waals surface area contributed by atoms with Gasteiger partial charge in [-0.1, -0.05) is 0 Å². The van der Waals surface area contributed by atoms with Gasteiger partial charge in [-0.3, -0.25) is 0 Å². The molecule has 2 aromatic rings. The SMILES string of the molecule is COc1ccc2sc(C(C)N)nc2c1. The molecule has 0 aliphatic rings. The van der Waals surface area contributed by atoms with Crippen LogP contribution in [0.2, 0.25) is 0 Å². The minimum atomic E-state index is -0.00149. The Balaban J connectivity index is 2.54. The number of ether oxygens (including phenoxy) is 1. The number of benzene rings is 1. The average molecular weight is 208 g/mol. The molecule has 0 saturated heterocycles. The smallest absolute Gasteiger partial charge is 0.121 e. The lowest BCUT2D eigenvalue weighted by Gasteiger charge is -1.96. The second-order valence-corrected chi connectivity index (χ2v) is 4.24. The molecule has 0 amide bonds. The third-order valence-electron chi connectivity index (χ3n) is 2.00. The van der Waals surface area contributed by atoms with E-state index < -0.39 is 0 Å². The molecule has 0 saturated carbocycles. The molecule has 1 heterocycles. The number of aromatic nitrogens is 1. The summed E-state index contributed by atoms with van der Waals surface area (Å²) >= 11 is 1.63. The third-order valence-corrected chi connectivity index (χ3v) is 3.24. The summed E-state index contributed by atoms with van der Waals surface area (Å²) < 4.78 is 6.28. The van der Waals surface area contributed by atoms with E-state index in [1.54, 1.807) is 18.4 Å². The van der Waals surface area contributed by atoms with Crippen LogP contribution in [0.4, 0.5) is 0 Å². The molecule has 2 N–H and O–H groups in total. The quantitative estimate of drug-likeness (QED) is 0.824.